The van der Waals surface area contributed by atoms with Crippen LogP contribution in [0.2, 0.25) is 5.02 Å². The Labute approximate surface area is 174 Å². The van der Waals surface area contributed by atoms with E-state index >= 15 is 0 Å². The molecule has 1 aliphatic rings. The van der Waals surface area contributed by atoms with Gasteiger partial charge in [0.25, 0.3) is 5.56 Å². The van der Waals surface area contributed by atoms with E-state index in [0.717, 1.165) is 30.7 Å². The van der Waals surface area contributed by atoms with Gasteiger partial charge in [-0.3, -0.25) is 13.9 Å². The minimum absolute atomic E-state index is 0.221. The second kappa shape index (κ2) is 8.19. The molecule has 0 radical (unpaired) electrons. The third-order valence-electron chi connectivity index (χ3n) is 5.95. The molecule has 0 spiro atoms. The molecule has 0 atom stereocenters. The summed E-state index contributed by atoms with van der Waals surface area (Å²) in [5.41, 5.74) is 1.34. The van der Waals surface area contributed by atoms with E-state index in [1.807, 2.05) is 30.7 Å². The molecule has 0 N–H and O–H groups in total. The summed E-state index contributed by atoms with van der Waals surface area (Å²) in [5.74, 6) is 1.29. The summed E-state index contributed by atoms with van der Waals surface area (Å²) in [6.45, 7) is 2.79. The van der Waals surface area contributed by atoms with Crippen molar-refractivity contribution in [1.82, 2.24) is 18.7 Å². The summed E-state index contributed by atoms with van der Waals surface area (Å²) in [6, 6.07) is 7.24. The molecule has 2 heterocycles. The smallest absolute Gasteiger partial charge is 0.325 e. The van der Waals surface area contributed by atoms with Crippen molar-refractivity contribution in [3.8, 4) is 0 Å². The monoisotopic (exact) mass is 414 g/mol. The number of aryl methyl sites for hydroxylation is 2. The van der Waals surface area contributed by atoms with E-state index in [4.69, 9.17) is 16.6 Å². The molecule has 1 fully saturated rings. The first kappa shape index (κ1) is 20.0. The zero-order valence-electron chi connectivity index (χ0n) is 17.0. The highest BCUT2D eigenvalue weighted by molar-refractivity contribution is 6.30. The number of nitrogens with zero attached hydrogens (tertiary/aromatic N) is 4. The van der Waals surface area contributed by atoms with Crippen LogP contribution in [0.5, 0.6) is 0 Å². The van der Waals surface area contributed by atoms with Gasteiger partial charge in [0.1, 0.15) is 5.82 Å². The first-order valence-corrected chi connectivity index (χ1v) is 10.8. The Hall–Kier alpha value is -2.34. The van der Waals surface area contributed by atoms with Crippen molar-refractivity contribution in [3.63, 3.8) is 0 Å². The first-order valence-electron chi connectivity index (χ1n) is 10.5. The molecule has 0 bridgehead atoms. The number of imidazole rings is 1. The fraction of sp³-hybridized carbons (Fsp3) is 0.500. The van der Waals surface area contributed by atoms with Gasteiger partial charge in [0, 0.05) is 24.5 Å². The van der Waals surface area contributed by atoms with Crippen LogP contribution in [0.15, 0.2) is 33.9 Å². The molecule has 0 amide bonds. The van der Waals surface area contributed by atoms with Gasteiger partial charge in [-0.15, -0.1) is 0 Å². The molecular weight excluding hydrogens is 388 g/mol. The highest BCUT2D eigenvalue weighted by Gasteiger charge is 2.25. The van der Waals surface area contributed by atoms with E-state index in [1.165, 1.54) is 23.8 Å². The van der Waals surface area contributed by atoms with Crippen LogP contribution in [0.3, 0.4) is 0 Å². The van der Waals surface area contributed by atoms with Crippen LogP contribution < -0.4 is 11.2 Å². The zero-order valence-corrected chi connectivity index (χ0v) is 17.8. The molecule has 3 aromatic rings. The van der Waals surface area contributed by atoms with Crippen LogP contribution in [0, 0.1) is 0 Å². The van der Waals surface area contributed by atoms with Gasteiger partial charge in [0.15, 0.2) is 11.2 Å². The third kappa shape index (κ3) is 3.66. The predicted molar refractivity (Wildman–Crippen MR) is 116 cm³/mol. The maximum atomic E-state index is 13.4. The minimum atomic E-state index is -0.299. The van der Waals surface area contributed by atoms with E-state index in [2.05, 4.69) is 0 Å². The molecular formula is C22H27ClN4O2. The Morgan fingerprint density at radius 2 is 1.76 bits per heavy atom. The fourth-order valence-corrected chi connectivity index (χ4v) is 4.57. The molecule has 1 saturated carbocycles. The number of fused-ring (bicyclic) bond motifs is 1. The zero-order chi connectivity index (χ0) is 20.5. The Morgan fingerprint density at radius 1 is 1.07 bits per heavy atom. The molecule has 0 unspecified atom stereocenters. The van der Waals surface area contributed by atoms with E-state index in [0.29, 0.717) is 28.6 Å². The van der Waals surface area contributed by atoms with Gasteiger partial charge in [0.2, 0.25) is 0 Å². The Bertz CT molecular complexity index is 1130. The van der Waals surface area contributed by atoms with Crippen LogP contribution in [0.4, 0.5) is 0 Å². The van der Waals surface area contributed by atoms with Gasteiger partial charge in [0.05, 0.1) is 6.54 Å². The average Bonchev–Trinajstić information content (AvgIpc) is 3.08. The number of hydrogen-bond donors (Lipinski definition) is 0. The summed E-state index contributed by atoms with van der Waals surface area (Å²) in [5, 5.41) is 0.628. The SMILES string of the molecule is CCCn1c(=O)n(Cc2ccc(Cl)cc2)c(=O)c2c1nc(C1CCCCC1)n2C. The predicted octanol–water partition coefficient (Wildman–Crippen LogP) is 4.06. The second-order valence-electron chi connectivity index (χ2n) is 7.99. The summed E-state index contributed by atoms with van der Waals surface area (Å²) in [7, 11) is 1.91. The molecule has 29 heavy (non-hydrogen) atoms. The van der Waals surface area contributed by atoms with E-state index in [1.54, 1.807) is 16.7 Å². The van der Waals surface area contributed by atoms with Crippen LogP contribution in [0.25, 0.3) is 11.2 Å². The van der Waals surface area contributed by atoms with Crippen molar-refractivity contribution in [3.05, 3.63) is 61.5 Å². The lowest BCUT2D eigenvalue weighted by atomic mass is 9.89. The van der Waals surface area contributed by atoms with Gasteiger partial charge in [-0.05, 0) is 37.0 Å². The number of halogens is 1. The van der Waals surface area contributed by atoms with Crippen molar-refractivity contribution in [2.45, 2.75) is 64.5 Å². The van der Waals surface area contributed by atoms with Gasteiger partial charge >= 0.3 is 5.69 Å². The largest absolute Gasteiger partial charge is 0.333 e. The highest BCUT2D eigenvalue weighted by atomic mass is 35.5. The van der Waals surface area contributed by atoms with Gasteiger partial charge in [-0.1, -0.05) is 49.9 Å². The van der Waals surface area contributed by atoms with Crippen LogP contribution in [-0.2, 0) is 20.1 Å². The van der Waals surface area contributed by atoms with E-state index < -0.39 is 0 Å². The van der Waals surface area contributed by atoms with Gasteiger partial charge in [-0.25, -0.2) is 9.78 Å². The van der Waals surface area contributed by atoms with Gasteiger partial charge < -0.3 is 4.57 Å². The lowest BCUT2D eigenvalue weighted by Gasteiger charge is -2.20. The summed E-state index contributed by atoms with van der Waals surface area (Å²) < 4.78 is 4.92. The first-order chi connectivity index (χ1) is 14.0. The van der Waals surface area contributed by atoms with E-state index in [9.17, 15) is 9.59 Å². The molecule has 6 nitrogen and oxygen atoms in total. The average molecular weight is 415 g/mol. The Balaban J connectivity index is 1.90. The number of aromatic nitrogens is 4. The van der Waals surface area contributed by atoms with Gasteiger partial charge in [-0.2, -0.15) is 0 Å². The Morgan fingerprint density at radius 3 is 2.41 bits per heavy atom. The molecule has 4 rings (SSSR count). The lowest BCUT2D eigenvalue weighted by molar-refractivity contribution is 0.422. The number of rotatable bonds is 5. The lowest BCUT2D eigenvalue weighted by Crippen LogP contribution is -2.40. The molecule has 1 aromatic carbocycles. The summed E-state index contributed by atoms with van der Waals surface area (Å²) >= 11 is 5.97. The maximum absolute atomic E-state index is 13.4. The van der Waals surface area contributed by atoms with Crippen LogP contribution in [0.1, 0.15) is 62.8 Å². The second-order valence-corrected chi connectivity index (χ2v) is 8.42. The summed E-state index contributed by atoms with van der Waals surface area (Å²) in [6.07, 6.45) is 6.62. The molecule has 0 saturated heterocycles. The quantitative estimate of drug-likeness (QED) is 0.632. The molecule has 2 aromatic heterocycles. The standard InChI is InChI=1S/C22H27ClN4O2/c1-3-13-26-20-18(25(2)19(24-20)16-7-5-4-6-8-16)21(28)27(22(26)29)14-15-9-11-17(23)12-10-15/h9-12,16H,3-8,13-14H2,1-2H3. The molecule has 1 aliphatic carbocycles. The number of hydrogen-bond acceptors (Lipinski definition) is 3. The van der Waals surface area contributed by atoms with Crippen molar-refractivity contribution in [2.75, 3.05) is 0 Å². The normalized spacial score (nSPS) is 15.3. The molecule has 0 aliphatic heterocycles. The minimum Gasteiger partial charge on any atom is -0.325 e. The van der Waals surface area contributed by atoms with Crippen LogP contribution in [-0.4, -0.2) is 18.7 Å². The summed E-state index contributed by atoms with van der Waals surface area (Å²) in [4.78, 5) is 31.4. The third-order valence-corrected chi connectivity index (χ3v) is 6.20. The van der Waals surface area contributed by atoms with Crippen molar-refractivity contribution in [1.29, 1.82) is 0 Å². The van der Waals surface area contributed by atoms with Crippen molar-refractivity contribution >= 4 is 22.8 Å². The molecule has 154 valence electrons. The Kier molecular flexibility index (Phi) is 5.63. The fourth-order valence-electron chi connectivity index (χ4n) is 4.44. The van der Waals surface area contributed by atoms with Crippen molar-refractivity contribution < 1.29 is 0 Å². The number of benzene rings is 1. The maximum Gasteiger partial charge on any atom is 0.333 e. The van der Waals surface area contributed by atoms with Crippen LogP contribution >= 0.6 is 11.6 Å². The van der Waals surface area contributed by atoms with E-state index in [-0.39, 0.29) is 17.8 Å². The molecule has 7 heteroatoms. The van der Waals surface area contributed by atoms with Crippen molar-refractivity contribution in [2.24, 2.45) is 7.05 Å². The topological polar surface area (TPSA) is 61.8 Å². The highest BCUT2D eigenvalue weighted by Crippen LogP contribution is 2.32.